The number of carbonyl (C=O) groups excluding carboxylic acids is 3. The van der Waals surface area contributed by atoms with Crippen LogP contribution in [0.1, 0.15) is 18.3 Å². The van der Waals surface area contributed by atoms with E-state index in [0.717, 1.165) is 17.1 Å². The average molecular weight is 567 g/mol. The molecule has 1 fully saturated rings. The number of oxime groups is 1. The number of rotatable bonds is 10. The highest BCUT2D eigenvalue weighted by Gasteiger charge is 2.54. The summed E-state index contributed by atoms with van der Waals surface area (Å²) in [4.78, 5) is 49.4. The van der Waals surface area contributed by atoms with E-state index in [0.29, 0.717) is 17.1 Å². The second kappa shape index (κ2) is 11.8. The third-order valence-electron chi connectivity index (χ3n) is 5.37. The Morgan fingerprint density at radius 2 is 2.08 bits per heavy atom. The number of β-lactam (4-membered cyclic amide) rings is 1. The van der Waals surface area contributed by atoms with Gasteiger partial charge in [0.25, 0.3) is 11.8 Å². The lowest BCUT2D eigenvalue weighted by Crippen LogP contribution is -2.71. The number of anilines is 1. The highest BCUT2D eigenvalue weighted by atomic mass is 35.5. The maximum Gasteiger partial charge on any atom is 0.355 e. The Balaban J connectivity index is 1.46. The number of alkyl halides is 1. The van der Waals surface area contributed by atoms with E-state index < -0.39 is 29.2 Å². The monoisotopic (exact) mass is 566 g/mol. The van der Waals surface area contributed by atoms with Gasteiger partial charge in [0.1, 0.15) is 36.1 Å². The molecule has 37 heavy (non-hydrogen) atoms. The highest BCUT2D eigenvalue weighted by Crippen LogP contribution is 2.41. The zero-order valence-electron chi connectivity index (χ0n) is 19.8. The van der Waals surface area contributed by atoms with Crippen LogP contribution in [0.15, 0.2) is 40.7 Å². The van der Waals surface area contributed by atoms with Gasteiger partial charge in [0.15, 0.2) is 5.13 Å². The van der Waals surface area contributed by atoms with Crippen LogP contribution in [-0.2, 0) is 30.6 Å². The summed E-state index contributed by atoms with van der Waals surface area (Å²) in [5.41, 5.74) is 6.83. The number of nitrogens with zero attached hydrogens (tertiary/aromatic N) is 4. The quantitative estimate of drug-likeness (QED) is 0.142. The number of hydrogen-bond acceptors (Lipinski definition) is 12. The van der Waals surface area contributed by atoms with Crippen molar-refractivity contribution >= 4 is 63.5 Å². The Morgan fingerprint density at radius 1 is 1.32 bits per heavy atom. The van der Waals surface area contributed by atoms with Gasteiger partial charge < -0.3 is 25.4 Å². The Morgan fingerprint density at radius 3 is 2.70 bits per heavy atom. The first-order valence-corrected chi connectivity index (χ1v) is 13.4. The van der Waals surface area contributed by atoms with Gasteiger partial charge in [-0.1, -0.05) is 17.3 Å². The van der Waals surface area contributed by atoms with Crippen molar-refractivity contribution in [3.05, 3.63) is 46.9 Å². The number of nitrogens with one attached hydrogen (secondary N) is 1. The molecule has 12 nitrogen and oxygen atoms in total. The second-order valence-electron chi connectivity index (χ2n) is 7.68. The van der Waals surface area contributed by atoms with Crippen molar-refractivity contribution in [2.45, 2.75) is 24.9 Å². The van der Waals surface area contributed by atoms with Crippen molar-refractivity contribution in [2.24, 2.45) is 5.16 Å². The number of ether oxygens (including phenoxy) is 2. The van der Waals surface area contributed by atoms with Crippen LogP contribution < -0.4 is 15.8 Å². The fourth-order valence-electron chi connectivity index (χ4n) is 3.57. The van der Waals surface area contributed by atoms with Crippen LogP contribution in [0.25, 0.3) is 0 Å². The third-order valence-corrected chi connectivity index (χ3v) is 7.58. The van der Waals surface area contributed by atoms with Gasteiger partial charge in [-0.2, -0.15) is 9.36 Å². The Bertz CT molecular complexity index is 1250. The van der Waals surface area contributed by atoms with Gasteiger partial charge in [0.05, 0.1) is 7.11 Å². The second-order valence-corrected chi connectivity index (χ2v) is 9.84. The molecule has 0 radical (unpaired) electrons. The number of benzene rings is 1. The maximum atomic E-state index is 13.1. The number of nitrogen functional groups attached to an aromatic ring is 1. The SMILES string of the molecule is CCO/N=C(\C(=O)NC1C(=O)N2C(C(=O)OCc3ccc(OC)cc3)=C(CCl)CS[C@@H]12)c1nsc(N)n1. The van der Waals surface area contributed by atoms with Crippen LogP contribution >= 0.6 is 34.9 Å². The van der Waals surface area contributed by atoms with Crippen LogP contribution in [0.5, 0.6) is 5.75 Å². The summed E-state index contributed by atoms with van der Waals surface area (Å²) in [6.45, 7) is 1.91. The lowest BCUT2D eigenvalue weighted by molar-refractivity contribution is -0.153. The number of amides is 2. The topological polar surface area (TPSA) is 158 Å². The zero-order chi connectivity index (χ0) is 26.5. The van der Waals surface area contributed by atoms with Crippen molar-refractivity contribution in [1.82, 2.24) is 19.6 Å². The average Bonchev–Trinajstić information content (AvgIpc) is 3.35. The van der Waals surface area contributed by atoms with E-state index in [-0.39, 0.29) is 41.5 Å². The molecule has 1 unspecified atom stereocenters. The van der Waals surface area contributed by atoms with E-state index in [9.17, 15) is 14.4 Å². The molecule has 0 bridgehead atoms. The van der Waals surface area contributed by atoms with Gasteiger partial charge >= 0.3 is 5.97 Å². The molecule has 1 aromatic carbocycles. The summed E-state index contributed by atoms with van der Waals surface area (Å²) in [5, 5.41) is 6.05. The number of esters is 1. The Labute approximate surface area is 225 Å². The molecule has 1 saturated heterocycles. The molecular formula is C22H23ClN6O6S2. The predicted octanol–water partition coefficient (Wildman–Crippen LogP) is 1.51. The fourth-order valence-corrected chi connectivity index (χ4v) is 5.68. The molecule has 0 aliphatic carbocycles. The number of hydrogen-bond donors (Lipinski definition) is 2. The van der Waals surface area contributed by atoms with Crippen LogP contribution in [0.4, 0.5) is 5.13 Å². The maximum absolute atomic E-state index is 13.1. The standard InChI is InChI=1S/C22H23ClN6O6S2/c1-3-35-27-14(17-26-22(24)37-28-17)18(30)25-15-19(31)29-16(12(8-23)10-36-20(15)29)21(32)34-9-11-4-6-13(33-2)7-5-11/h4-7,15,20H,3,8-10H2,1-2H3,(H,25,30)(H2,24,26,28)/b27-14-/t15?,20-/m0/s1. The van der Waals surface area contributed by atoms with Crippen molar-refractivity contribution in [3.63, 3.8) is 0 Å². The normalized spacial score (nSPS) is 19.2. The number of halogens is 1. The number of fused-ring (bicyclic) bond motifs is 1. The number of carbonyl (C=O) groups is 3. The first-order chi connectivity index (χ1) is 17.9. The molecule has 15 heteroatoms. The molecular weight excluding hydrogens is 544 g/mol. The number of aromatic nitrogens is 2. The molecule has 3 heterocycles. The van der Waals surface area contributed by atoms with Gasteiger partial charge in [0.2, 0.25) is 11.5 Å². The Hall–Kier alpha value is -3.36. The lowest BCUT2D eigenvalue weighted by Gasteiger charge is -2.49. The van der Waals surface area contributed by atoms with E-state index in [4.69, 9.17) is 31.6 Å². The van der Waals surface area contributed by atoms with Crippen LogP contribution in [0.3, 0.4) is 0 Å². The molecule has 4 rings (SSSR count). The largest absolute Gasteiger partial charge is 0.497 e. The predicted molar refractivity (Wildman–Crippen MR) is 138 cm³/mol. The molecule has 0 spiro atoms. The molecule has 196 valence electrons. The summed E-state index contributed by atoms with van der Waals surface area (Å²) < 4.78 is 14.6. The lowest BCUT2D eigenvalue weighted by atomic mass is 10.0. The smallest absolute Gasteiger partial charge is 0.355 e. The number of methoxy groups -OCH3 is 1. The first-order valence-electron chi connectivity index (χ1n) is 11.0. The Kier molecular flexibility index (Phi) is 8.51. The fraction of sp³-hybridized carbons (Fsp3) is 0.364. The van der Waals surface area contributed by atoms with E-state index in [2.05, 4.69) is 19.8 Å². The summed E-state index contributed by atoms with van der Waals surface area (Å²) in [5.74, 6) is -0.753. The molecule has 2 aliphatic rings. The van der Waals surface area contributed by atoms with E-state index in [1.54, 1.807) is 38.3 Å². The molecule has 0 saturated carbocycles. The summed E-state index contributed by atoms with van der Waals surface area (Å²) in [6, 6.07) is 6.14. The summed E-state index contributed by atoms with van der Waals surface area (Å²) in [7, 11) is 1.56. The minimum atomic E-state index is -0.915. The van der Waals surface area contributed by atoms with Crippen molar-refractivity contribution in [1.29, 1.82) is 0 Å². The molecule has 2 aromatic rings. The van der Waals surface area contributed by atoms with Gasteiger partial charge in [-0.3, -0.25) is 14.5 Å². The summed E-state index contributed by atoms with van der Waals surface area (Å²) in [6.07, 6.45) is 0. The van der Waals surface area contributed by atoms with Crippen molar-refractivity contribution in [2.75, 3.05) is 31.1 Å². The first kappa shape index (κ1) is 26.7. The molecule has 2 amide bonds. The molecule has 3 N–H and O–H groups in total. The highest BCUT2D eigenvalue weighted by molar-refractivity contribution is 8.00. The van der Waals surface area contributed by atoms with Gasteiger partial charge in [-0.15, -0.1) is 23.4 Å². The van der Waals surface area contributed by atoms with Gasteiger partial charge in [-0.05, 0) is 30.2 Å². The van der Waals surface area contributed by atoms with E-state index in [1.807, 2.05) is 0 Å². The molecule has 1 aromatic heterocycles. The molecule has 2 aliphatic heterocycles. The van der Waals surface area contributed by atoms with Gasteiger partial charge in [-0.25, -0.2) is 4.79 Å². The van der Waals surface area contributed by atoms with Crippen LogP contribution in [-0.4, -0.2) is 74.5 Å². The van der Waals surface area contributed by atoms with Crippen LogP contribution in [0.2, 0.25) is 0 Å². The molecule has 2 atom stereocenters. The van der Waals surface area contributed by atoms with E-state index in [1.165, 1.54) is 16.7 Å². The van der Waals surface area contributed by atoms with Crippen molar-refractivity contribution < 1.29 is 28.7 Å². The van der Waals surface area contributed by atoms with E-state index >= 15 is 0 Å². The van der Waals surface area contributed by atoms with Crippen molar-refractivity contribution in [3.8, 4) is 5.75 Å². The number of nitrogens with two attached hydrogens (primary N) is 1. The third kappa shape index (κ3) is 5.65. The minimum Gasteiger partial charge on any atom is -0.497 e. The number of thioether (sulfide) groups is 1. The van der Waals surface area contributed by atoms with Gasteiger partial charge in [0, 0.05) is 23.2 Å². The summed E-state index contributed by atoms with van der Waals surface area (Å²) >= 11 is 8.35. The van der Waals surface area contributed by atoms with Crippen LogP contribution in [0, 0.1) is 0 Å². The minimum absolute atomic E-state index is 0.00290. The zero-order valence-corrected chi connectivity index (χ0v) is 22.2.